The molecule has 0 fully saturated rings. The van der Waals surface area contributed by atoms with Crippen LogP contribution in [0.1, 0.15) is 92.0 Å². The SMILES string of the molecule is CCCCCCOCCC(O)CNC(=O)c1cc(C)cc(C(=O)N(CCC)CCC)c1. The predicted octanol–water partition coefficient (Wildman–Crippen LogP) is 4.33. The second kappa shape index (κ2) is 15.8. The first-order valence-electron chi connectivity index (χ1n) is 11.9. The molecule has 1 atom stereocenters. The van der Waals surface area contributed by atoms with Gasteiger partial charge in [0.15, 0.2) is 0 Å². The van der Waals surface area contributed by atoms with Crippen molar-refractivity contribution in [1.29, 1.82) is 0 Å². The second-order valence-corrected chi connectivity index (χ2v) is 8.21. The summed E-state index contributed by atoms with van der Waals surface area (Å²) in [4.78, 5) is 27.3. The van der Waals surface area contributed by atoms with E-state index >= 15 is 0 Å². The molecule has 2 N–H and O–H groups in total. The van der Waals surface area contributed by atoms with Gasteiger partial charge in [-0.2, -0.15) is 0 Å². The third-order valence-electron chi connectivity index (χ3n) is 5.10. The zero-order chi connectivity index (χ0) is 23.1. The van der Waals surface area contributed by atoms with Gasteiger partial charge in [0.1, 0.15) is 0 Å². The Morgan fingerprint density at radius 1 is 0.968 bits per heavy atom. The van der Waals surface area contributed by atoms with Gasteiger partial charge in [0.05, 0.1) is 6.10 Å². The summed E-state index contributed by atoms with van der Waals surface area (Å²) in [7, 11) is 0. The lowest BCUT2D eigenvalue weighted by Crippen LogP contribution is -2.34. The molecule has 0 spiro atoms. The zero-order valence-corrected chi connectivity index (χ0v) is 19.9. The number of rotatable bonds is 16. The van der Waals surface area contributed by atoms with E-state index in [0.717, 1.165) is 24.8 Å². The molecule has 0 aliphatic carbocycles. The number of amides is 2. The first-order chi connectivity index (χ1) is 14.9. The van der Waals surface area contributed by atoms with Crippen molar-refractivity contribution in [2.45, 2.75) is 78.7 Å². The molecule has 0 bridgehead atoms. The van der Waals surface area contributed by atoms with Crippen molar-refractivity contribution in [2.24, 2.45) is 0 Å². The zero-order valence-electron chi connectivity index (χ0n) is 19.9. The number of nitrogens with zero attached hydrogens (tertiary/aromatic N) is 1. The lowest BCUT2D eigenvalue weighted by atomic mass is 10.0. The topological polar surface area (TPSA) is 78.9 Å². The number of hydrogen-bond donors (Lipinski definition) is 2. The average Bonchev–Trinajstić information content (AvgIpc) is 2.75. The summed E-state index contributed by atoms with van der Waals surface area (Å²) in [6, 6.07) is 5.24. The van der Waals surface area contributed by atoms with E-state index in [2.05, 4.69) is 12.2 Å². The van der Waals surface area contributed by atoms with Crippen molar-refractivity contribution >= 4 is 11.8 Å². The Bertz CT molecular complexity index is 657. The fourth-order valence-corrected chi connectivity index (χ4v) is 3.44. The maximum Gasteiger partial charge on any atom is 0.253 e. The summed E-state index contributed by atoms with van der Waals surface area (Å²) in [5, 5.41) is 12.9. The summed E-state index contributed by atoms with van der Waals surface area (Å²) in [6.07, 6.45) is 6.25. The van der Waals surface area contributed by atoms with Crippen molar-refractivity contribution in [2.75, 3.05) is 32.8 Å². The minimum absolute atomic E-state index is 0.0439. The number of aliphatic hydroxyl groups excluding tert-OH is 1. The lowest BCUT2D eigenvalue weighted by molar-refractivity contribution is 0.0739. The van der Waals surface area contributed by atoms with Crippen molar-refractivity contribution in [1.82, 2.24) is 10.2 Å². The fourth-order valence-electron chi connectivity index (χ4n) is 3.44. The number of nitrogens with one attached hydrogen (secondary N) is 1. The molecule has 0 saturated carbocycles. The number of ether oxygens (including phenoxy) is 1. The van der Waals surface area contributed by atoms with Gasteiger partial charge in [0, 0.05) is 44.0 Å². The smallest absolute Gasteiger partial charge is 0.253 e. The van der Waals surface area contributed by atoms with Gasteiger partial charge < -0.3 is 20.1 Å². The summed E-state index contributed by atoms with van der Waals surface area (Å²) in [5.74, 6) is -0.326. The van der Waals surface area contributed by atoms with E-state index in [4.69, 9.17) is 4.74 Å². The maximum absolute atomic E-state index is 12.9. The van der Waals surface area contributed by atoms with Crippen LogP contribution in [0.2, 0.25) is 0 Å². The Labute approximate surface area is 188 Å². The van der Waals surface area contributed by atoms with Crippen LogP contribution in [0, 0.1) is 6.92 Å². The van der Waals surface area contributed by atoms with Crippen LogP contribution in [0.3, 0.4) is 0 Å². The largest absolute Gasteiger partial charge is 0.391 e. The third-order valence-corrected chi connectivity index (χ3v) is 5.10. The van der Waals surface area contributed by atoms with E-state index in [1.807, 2.05) is 31.7 Å². The summed E-state index contributed by atoms with van der Waals surface area (Å²) < 4.78 is 5.55. The number of unbranched alkanes of at least 4 members (excludes halogenated alkanes) is 3. The molecule has 1 rings (SSSR count). The van der Waals surface area contributed by atoms with Gasteiger partial charge in [0.25, 0.3) is 11.8 Å². The van der Waals surface area contributed by atoms with Crippen molar-refractivity contribution in [3.05, 3.63) is 34.9 Å². The van der Waals surface area contributed by atoms with Crippen molar-refractivity contribution < 1.29 is 19.4 Å². The monoisotopic (exact) mass is 434 g/mol. The van der Waals surface area contributed by atoms with Gasteiger partial charge >= 0.3 is 0 Å². The van der Waals surface area contributed by atoms with E-state index in [9.17, 15) is 14.7 Å². The molecule has 176 valence electrons. The Kier molecular flexibility index (Phi) is 13.8. The third kappa shape index (κ3) is 10.8. The molecule has 0 aliphatic heterocycles. The molecular weight excluding hydrogens is 392 g/mol. The standard InChI is InChI=1S/C25H42N2O4/c1-5-8-9-10-14-31-15-11-23(28)19-26-24(29)21-16-20(4)17-22(18-21)25(30)27(12-6-2)13-7-3/h16-18,23,28H,5-15,19H2,1-4H3,(H,26,29). The fraction of sp³-hybridized carbons (Fsp3) is 0.680. The van der Waals surface area contributed by atoms with Gasteiger partial charge in [-0.1, -0.05) is 40.0 Å². The van der Waals surface area contributed by atoms with Gasteiger partial charge in [0.2, 0.25) is 0 Å². The Morgan fingerprint density at radius 2 is 1.65 bits per heavy atom. The van der Waals surface area contributed by atoms with Crippen LogP contribution in [-0.2, 0) is 4.74 Å². The molecule has 0 radical (unpaired) electrons. The Hall–Kier alpha value is -1.92. The Balaban J connectivity index is 2.55. The highest BCUT2D eigenvalue weighted by molar-refractivity contribution is 6.00. The maximum atomic E-state index is 12.9. The van der Waals surface area contributed by atoms with Gasteiger partial charge in [-0.25, -0.2) is 0 Å². The van der Waals surface area contributed by atoms with E-state index in [1.54, 1.807) is 12.1 Å². The quantitative estimate of drug-likeness (QED) is 0.380. The number of carbonyl (C=O) groups is 2. The highest BCUT2D eigenvalue weighted by Crippen LogP contribution is 2.13. The number of aryl methyl sites for hydroxylation is 1. The first kappa shape index (κ1) is 27.1. The predicted molar refractivity (Wildman–Crippen MR) is 126 cm³/mol. The molecule has 0 aromatic heterocycles. The van der Waals surface area contributed by atoms with Gasteiger partial charge in [-0.3, -0.25) is 9.59 Å². The van der Waals surface area contributed by atoms with E-state index < -0.39 is 6.10 Å². The van der Waals surface area contributed by atoms with E-state index in [0.29, 0.717) is 43.9 Å². The van der Waals surface area contributed by atoms with Crippen LogP contribution in [0.25, 0.3) is 0 Å². The molecule has 6 heteroatoms. The summed E-state index contributed by atoms with van der Waals surface area (Å²) in [5.41, 5.74) is 1.83. The van der Waals surface area contributed by atoms with Crippen LogP contribution in [0.5, 0.6) is 0 Å². The molecule has 2 amide bonds. The number of aliphatic hydroxyl groups is 1. The molecule has 6 nitrogen and oxygen atoms in total. The number of benzene rings is 1. The average molecular weight is 435 g/mol. The van der Waals surface area contributed by atoms with Crippen molar-refractivity contribution in [3.63, 3.8) is 0 Å². The van der Waals surface area contributed by atoms with Crippen LogP contribution in [0.4, 0.5) is 0 Å². The first-order valence-corrected chi connectivity index (χ1v) is 11.9. The highest BCUT2D eigenvalue weighted by Gasteiger charge is 2.17. The molecule has 31 heavy (non-hydrogen) atoms. The molecule has 1 aromatic carbocycles. The van der Waals surface area contributed by atoms with Crippen LogP contribution < -0.4 is 5.32 Å². The van der Waals surface area contributed by atoms with Crippen molar-refractivity contribution in [3.8, 4) is 0 Å². The van der Waals surface area contributed by atoms with E-state index in [1.165, 1.54) is 19.3 Å². The molecular formula is C25H42N2O4. The lowest BCUT2D eigenvalue weighted by Gasteiger charge is -2.22. The number of carbonyl (C=O) groups excluding carboxylic acids is 2. The molecule has 1 unspecified atom stereocenters. The highest BCUT2D eigenvalue weighted by atomic mass is 16.5. The normalized spacial score (nSPS) is 11.9. The Morgan fingerprint density at radius 3 is 2.29 bits per heavy atom. The van der Waals surface area contributed by atoms with E-state index in [-0.39, 0.29) is 18.4 Å². The molecule has 1 aromatic rings. The van der Waals surface area contributed by atoms with Gasteiger partial charge in [-0.15, -0.1) is 0 Å². The van der Waals surface area contributed by atoms with Crippen LogP contribution in [0.15, 0.2) is 18.2 Å². The molecule has 0 aliphatic rings. The second-order valence-electron chi connectivity index (χ2n) is 8.21. The minimum atomic E-state index is -0.657. The van der Waals surface area contributed by atoms with Crippen LogP contribution in [-0.4, -0.2) is 60.8 Å². The molecule has 0 saturated heterocycles. The summed E-state index contributed by atoms with van der Waals surface area (Å²) in [6.45, 7) is 10.9. The van der Waals surface area contributed by atoms with Crippen LogP contribution >= 0.6 is 0 Å². The molecule has 0 heterocycles. The number of hydrogen-bond acceptors (Lipinski definition) is 4. The van der Waals surface area contributed by atoms with Gasteiger partial charge in [-0.05, 0) is 56.4 Å². The summed E-state index contributed by atoms with van der Waals surface area (Å²) >= 11 is 0. The minimum Gasteiger partial charge on any atom is -0.391 e.